The van der Waals surface area contributed by atoms with Crippen LogP contribution in [0.2, 0.25) is 19.1 Å². The van der Waals surface area contributed by atoms with Gasteiger partial charge in [-0.25, -0.2) is 14.8 Å². The number of aliphatic hydroxyl groups is 1. The maximum atomic E-state index is 13.9. The summed E-state index contributed by atoms with van der Waals surface area (Å²) in [6.07, 6.45) is 1.75. The summed E-state index contributed by atoms with van der Waals surface area (Å²) in [7, 11) is 1.15. The van der Waals surface area contributed by atoms with Crippen molar-refractivity contribution in [3.8, 4) is 22.4 Å². The monoisotopic (exact) mass is 780 g/mol. The number of alkyl carbamates (subject to hydrolysis) is 1. The van der Waals surface area contributed by atoms with Crippen LogP contribution in [0.25, 0.3) is 44.2 Å². The number of benzene rings is 3. The molecule has 2 unspecified atom stereocenters. The number of ether oxygens (including phenoxy) is 1. The molecule has 3 heterocycles. The van der Waals surface area contributed by atoms with E-state index in [0.29, 0.717) is 12.0 Å². The first-order valence-corrected chi connectivity index (χ1v) is 22.4. The number of rotatable bonds is 12. The molecule has 15 heteroatoms. The Labute approximate surface area is 327 Å². The molecule has 0 spiro atoms. The zero-order valence-electron chi connectivity index (χ0n) is 33.3. The van der Waals surface area contributed by atoms with E-state index in [2.05, 4.69) is 79.8 Å². The molecule has 0 saturated carbocycles. The van der Waals surface area contributed by atoms with Gasteiger partial charge in [-0.3, -0.25) is 14.4 Å². The molecular formula is C41H52N8O6Si. The van der Waals surface area contributed by atoms with Crippen molar-refractivity contribution in [1.82, 2.24) is 40.4 Å². The number of carbonyl (C=O) groups is 4. The van der Waals surface area contributed by atoms with E-state index in [1.165, 1.54) is 12.0 Å². The number of H-pyrrole nitrogens is 2. The Hall–Kier alpha value is -5.54. The Morgan fingerprint density at radius 2 is 1.62 bits per heavy atom. The molecule has 1 aliphatic rings. The molecule has 1 saturated heterocycles. The maximum Gasteiger partial charge on any atom is 0.407 e. The van der Waals surface area contributed by atoms with E-state index < -0.39 is 38.8 Å². The molecule has 0 radical (unpaired) electrons. The first-order chi connectivity index (χ1) is 26.6. The highest BCUT2D eigenvalue weighted by Crippen LogP contribution is 2.39. The molecule has 4 amide bonds. The fourth-order valence-electron chi connectivity index (χ4n) is 7.49. The van der Waals surface area contributed by atoms with Crippen molar-refractivity contribution in [3.05, 3.63) is 72.4 Å². The van der Waals surface area contributed by atoms with Crippen molar-refractivity contribution in [2.45, 2.75) is 71.5 Å². The van der Waals surface area contributed by atoms with Crippen LogP contribution < -0.4 is 10.6 Å². The number of hydrogen-bond donors (Lipinski definition) is 5. The fraction of sp³-hybridized carbons (Fsp3) is 0.415. The minimum atomic E-state index is -1.79. The topological polar surface area (TPSA) is 186 Å². The highest BCUT2D eigenvalue weighted by Gasteiger charge is 2.45. The highest BCUT2D eigenvalue weighted by atomic mass is 28.3. The number of likely N-dealkylation sites (N-methyl/N-ethyl adjacent to an activating group) is 1. The normalized spacial score (nSPS) is 16.3. The number of aromatic amines is 2. The molecule has 2 aromatic heterocycles. The van der Waals surface area contributed by atoms with Crippen molar-refractivity contribution in [2.75, 3.05) is 26.9 Å². The van der Waals surface area contributed by atoms with Crippen molar-refractivity contribution in [1.29, 1.82) is 0 Å². The Morgan fingerprint density at radius 1 is 0.946 bits per heavy atom. The molecule has 5 N–H and O–H groups in total. The van der Waals surface area contributed by atoms with Crippen LogP contribution in [-0.2, 0) is 25.7 Å². The smallest absolute Gasteiger partial charge is 0.407 e. The van der Waals surface area contributed by atoms with E-state index in [1.54, 1.807) is 13.2 Å². The summed E-state index contributed by atoms with van der Waals surface area (Å²) in [6.45, 7) is 11.6. The number of aliphatic hydroxyl groups excluding tert-OH is 1. The molecule has 0 aliphatic carbocycles. The second-order valence-electron chi connectivity index (χ2n) is 16.2. The number of aromatic nitrogens is 4. The van der Waals surface area contributed by atoms with Crippen LogP contribution in [0.1, 0.15) is 45.4 Å². The first kappa shape index (κ1) is 40.1. The Balaban J connectivity index is 1.19. The van der Waals surface area contributed by atoms with Gasteiger partial charge >= 0.3 is 6.09 Å². The Bertz CT molecular complexity index is 2250. The second kappa shape index (κ2) is 16.3. The van der Waals surface area contributed by atoms with Crippen LogP contribution in [0.5, 0.6) is 0 Å². The summed E-state index contributed by atoms with van der Waals surface area (Å²) in [5.41, 5.74) is 5.59. The van der Waals surface area contributed by atoms with Crippen LogP contribution in [0.4, 0.5) is 4.79 Å². The minimum Gasteiger partial charge on any atom is -0.453 e. The van der Waals surface area contributed by atoms with Gasteiger partial charge in [0.2, 0.25) is 17.7 Å². The predicted octanol–water partition coefficient (Wildman–Crippen LogP) is 5.38. The zero-order valence-corrected chi connectivity index (χ0v) is 34.3. The van der Waals surface area contributed by atoms with Crippen LogP contribution >= 0.6 is 0 Å². The number of carbonyl (C=O) groups excluding carboxylic acids is 4. The summed E-state index contributed by atoms with van der Waals surface area (Å²) >= 11 is 0. The zero-order chi connectivity index (χ0) is 40.5. The Kier molecular flexibility index (Phi) is 11.7. The van der Waals surface area contributed by atoms with Crippen molar-refractivity contribution >= 4 is 53.7 Å². The van der Waals surface area contributed by atoms with Crippen LogP contribution in [0.15, 0.2) is 60.8 Å². The van der Waals surface area contributed by atoms with Crippen LogP contribution in [0, 0.1) is 11.8 Å². The lowest BCUT2D eigenvalue weighted by molar-refractivity contribution is -0.139. The number of amides is 4. The lowest BCUT2D eigenvalue weighted by Gasteiger charge is -2.30. The summed E-state index contributed by atoms with van der Waals surface area (Å²) < 4.78 is 4.69. The number of nitrogens with one attached hydrogen (secondary N) is 4. The molecule has 1 aliphatic heterocycles. The molecule has 296 valence electrons. The Morgan fingerprint density at radius 3 is 2.29 bits per heavy atom. The SMILES string of the molecule is COC(=O)NC(C(=O)N(C)Cc1ncc(-c2ccc(-c3ccc4c(ccc5[nH]c([C@@H]6C[Si](C)(C)CN6C(=O)C(NC(=O)CO)C(C)C)nc54)c3)cc2)[nH]1)C(C)C. The molecule has 14 nitrogen and oxygen atoms in total. The average Bonchev–Trinajstić information content (AvgIpc) is 3.91. The van der Waals surface area contributed by atoms with Gasteiger partial charge in [0.25, 0.3) is 0 Å². The molecule has 56 heavy (non-hydrogen) atoms. The third-order valence-corrected chi connectivity index (χ3v) is 13.2. The summed E-state index contributed by atoms with van der Waals surface area (Å²) in [5, 5.41) is 16.7. The molecular weight excluding hydrogens is 729 g/mol. The molecule has 0 bridgehead atoms. The van der Waals surface area contributed by atoms with Gasteiger partial charge in [-0.1, -0.05) is 83.3 Å². The number of imidazole rings is 2. The van der Waals surface area contributed by atoms with Gasteiger partial charge in [0, 0.05) is 18.6 Å². The summed E-state index contributed by atoms with van der Waals surface area (Å²) in [5.74, 6) is 0.132. The lowest BCUT2D eigenvalue weighted by Crippen LogP contribution is -2.52. The van der Waals surface area contributed by atoms with E-state index in [4.69, 9.17) is 4.98 Å². The van der Waals surface area contributed by atoms with Crippen LogP contribution in [-0.4, -0.2) is 106 Å². The van der Waals surface area contributed by atoms with E-state index in [0.717, 1.165) is 56.1 Å². The average molecular weight is 781 g/mol. The van der Waals surface area contributed by atoms with E-state index in [-0.39, 0.29) is 36.2 Å². The van der Waals surface area contributed by atoms with Gasteiger partial charge in [-0.15, -0.1) is 0 Å². The van der Waals surface area contributed by atoms with Crippen molar-refractivity contribution in [2.24, 2.45) is 11.8 Å². The fourth-order valence-corrected chi connectivity index (χ4v) is 10.4. The van der Waals surface area contributed by atoms with Crippen molar-refractivity contribution < 1.29 is 29.0 Å². The number of nitrogens with zero attached hydrogens (tertiary/aromatic N) is 4. The standard InChI is InChI=1S/C41H52N8O6Si/c1-23(2)35(47-41(54)55-6)39(52)48(5)19-33-42-18-31(43-33)26-11-9-25(10-12-26)27-13-15-29-28(17-27)14-16-30-37(29)46-38(44-30)32-21-56(7,8)22-49(32)40(53)36(24(3)4)45-34(51)20-50/h9-18,23-24,32,35-36,50H,19-22H2,1-8H3,(H,42,43)(H,44,46)(H,45,51)(H,47,54)/t32-,35?,36?/m0/s1. The largest absolute Gasteiger partial charge is 0.453 e. The predicted molar refractivity (Wildman–Crippen MR) is 218 cm³/mol. The maximum absolute atomic E-state index is 13.9. The molecule has 1 fully saturated rings. The van der Waals surface area contributed by atoms with E-state index in [1.807, 2.05) is 50.8 Å². The van der Waals surface area contributed by atoms with Gasteiger partial charge in [0.1, 0.15) is 30.3 Å². The molecule has 5 aromatic rings. The highest BCUT2D eigenvalue weighted by molar-refractivity contribution is 6.78. The quantitative estimate of drug-likeness (QED) is 0.105. The summed E-state index contributed by atoms with van der Waals surface area (Å²) in [4.78, 5) is 70.8. The van der Waals surface area contributed by atoms with Gasteiger partial charge in [-0.05, 0) is 52.1 Å². The van der Waals surface area contributed by atoms with Crippen LogP contribution in [0.3, 0.4) is 0 Å². The lowest BCUT2D eigenvalue weighted by atomic mass is 9.99. The number of fused-ring (bicyclic) bond motifs is 3. The van der Waals surface area contributed by atoms with Gasteiger partial charge in [0.05, 0.1) is 50.7 Å². The van der Waals surface area contributed by atoms with Gasteiger partial charge < -0.3 is 40.2 Å². The summed E-state index contributed by atoms with van der Waals surface area (Å²) in [6, 6.07) is 17.8. The second-order valence-corrected chi connectivity index (χ2v) is 21.2. The van der Waals surface area contributed by atoms with Gasteiger partial charge in [-0.2, -0.15) is 0 Å². The number of hydrogen-bond acceptors (Lipinski definition) is 8. The van der Waals surface area contributed by atoms with E-state index >= 15 is 0 Å². The van der Waals surface area contributed by atoms with Crippen molar-refractivity contribution in [3.63, 3.8) is 0 Å². The number of methoxy groups -OCH3 is 1. The molecule has 3 aromatic carbocycles. The molecule has 3 atom stereocenters. The third-order valence-electron chi connectivity index (χ3n) is 10.5. The minimum absolute atomic E-state index is 0.127. The van der Waals surface area contributed by atoms with Gasteiger partial charge in [0.15, 0.2) is 0 Å². The van der Waals surface area contributed by atoms with E-state index in [9.17, 15) is 24.3 Å². The third kappa shape index (κ3) is 8.48. The first-order valence-electron chi connectivity index (χ1n) is 19.0. The molecule has 6 rings (SSSR count).